The Bertz CT molecular complexity index is 444. The van der Waals surface area contributed by atoms with E-state index in [-0.39, 0.29) is 0 Å². The van der Waals surface area contributed by atoms with Crippen LogP contribution < -0.4 is 4.90 Å². The maximum Gasteiger partial charge on any atom is 0.186 e. The van der Waals surface area contributed by atoms with Crippen molar-refractivity contribution in [3.05, 3.63) is 10.6 Å². The second-order valence-corrected chi connectivity index (χ2v) is 6.68. The molecule has 0 bridgehead atoms. The summed E-state index contributed by atoms with van der Waals surface area (Å²) in [5.41, 5.74) is 0.932. The summed E-state index contributed by atoms with van der Waals surface area (Å²) < 4.78 is 0. The first-order chi connectivity index (χ1) is 9.02. The monoisotopic (exact) mass is 281 g/mol. The van der Waals surface area contributed by atoms with Crippen molar-refractivity contribution in [1.29, 1.82) is 0 Å². The van der Waals surface area contributed by atoms with Gasteiger partial charge >= 0.3 is 0 Å². The molecule has 2 heterocycles. The van der Waals surface area contributed by atoms with Gasteiger partial charge in [-0.15, -0.1) is 0 Å². The third-order valence-corrected chi connectivity index (χ3v) is 4.92. The molecular formula is C14H23N3OS. The molecule has 0 spiro atoms. The molecule has 0 aliphatic carbocycles. The standard InChI is InChI=1S/C14H23N3OS/c1-10(2)13-12(9-18)19-14(15-13)17(4)8-11-6-5-7-16(11)3/h9-11H,5-8H2,1-4H3. The van der Waals surface area contributed by atoms with Crippen molar-refractivity contribution in [2.45, 2.75) is 38.6 Å². The zero-order chi connectivity index (χ0) is 14.0. The molecule has 106 valence electrons. The zero-order valence-corrected chi connectivity index (χ0v) is 13.0. The summed E-state index contributed by atoms with van der Waals surface area (Å²) in [5.74, 6) is 0.299. The Morgan fingerprint density at radius 3 is 2.79 bits per heavy atom. The van der Waals surface area contributed by atoms with Gasteiger partial charge in [0.2, 0.25) is 0 Å². The minimum Gasteiger partial charge on any atom is -0.350 e. The molecule has 0 radical (unpaired) electrons. The van der Waals surface area contributed by atoms with E-state index in [0.717, 1.165) is 28.5 Å². The van der Waals surface area contributed by atoms with E-state index in [1.807, 2.05) is 0 Å². The van der Waals surface area contributed by atoms with Crippen molar-refractivity contribution in [2.24, 2.45) is 0 Å². The van der Waals surface area contributed by atoms with Crippen LogP contribution in [0, 0.1) is 0 Å². The number of carbonyl (C=O) groups excluding carboxylic acids is 1. The highest BCUT2D eigenvalue weighted by molar-refractivity contribution is 7.17. The van der Waals surface area contributed by atoms with Gasteiger partial charge in [-0.1, -0.05) is 25.2 Å². The van der Waals surface area contributed by atoms with Crippen molar-refractivity contribution < 1.29 is 4.79 Å². The van der Waals surface area contributed by atoms with Crippen molar-refractivity contribution in [3.63, 3.8) is 0 Å². The molecule has 1 fully saturated rings. The normalized spacial score (nSPS) is 20.2. The molecular weight excluding hydrogens is 258 g/mol. The Hall–Kier alpha value is -0.940. The number of hydrogen-bond donors (Lipinski definition) is 0. The number of hydrogen-bond acceptors (Lipinski definition) is 5. The van der Waals surface area contributed by atoms with E-state index in [1.165, 1.54) is 30.7 Å². The third-order valence-electron chi connectivity index (χ3n) is 3.81. The first-order valence-electron chi connectivity index (χ1n) is 6.90. The SMILES string of the molecule is CC(C)c1nc(N(C)CC2CCCN2C)sc1C=O. The molecule has 0 N–H and O–H groups in total. The van der Waals surface area contributed by atoms with Crippen LogP contribution in [0.4, 0.5) is 5.13 Å². The number of anilines is 1. The minimum atomic E-state index is 0.299. The number of aromatic nitrogens is 1. The van der Waals surface area contributed by atoms with Gasteiger partial charge in [-0.3, -0.25) is 4.79 Å². The van der Waals surface area contributed by atoms with E-state index in [4.69, 9.17) is 0 Å². The molecule has 1 aromatic heterocycles. The second-order valence-electron chi connectivity index (χ2n) is 5.68. The van der Waals surface area contributed by atoms with Crippen LogP contribution in [0.5, 0.6) is 0 Å². The molecule has 1 atom stereocenters. The highest BCUT2D eigenvalue weighted by Gasteiger charge is 2.24. The lowest BCUT2D eigenvalue weighted by atomic mass is 10.1. The van der Waals surface area contributed by atoms with E-state index >= 15 is 0 Å². The number of thiazole rings is 1. The smallest absolute Gasteiger partial charge is 0.186 e. The lowest BCUT2D eigenvalue weighted by molar-refractivity contribution is 0.112. The molecule has 2 rings (SSSR count). The van der Waals surface area contributed by atoms with E-state index < -0.39 is 0 Å². The van der Waals surface area contributed by atoms with Gasteiger partial charge in [0.15, 0.2) is 11.4 Å². The van der Waals surface area contributed by atoms with Crippen LogP contribution in [0.3, 0.4) is 0 Å². The number of likely N-dealkylation sites (N-methyl/N-ethyl adjacent to an activating group) is 2. The lowest BCUT2D eigenvalue weighted by Gasteiger charge is -2.25. The van der Waals surface area contributed by atoms with Crippen LogP contribution in [-0.2, 0) is 0 Å². The van der Waals surface area contributed by atoms with Crippen molar-refractivity contribution >= 4 is 22.8 Å². The number of aldehydes is 1. The lowest BCUT2D eigenvalue weighted by Crippen LogP contribution is -2.36. The second kappa shape index (κ2) is 6.01. The van der Waals surface area contributed by atoms with Crippen molar-refractivity contribution in [2.75, 3.05) is 32.1 Å². The van der Waals surface area contributed by atoms with Gasteiger partial charge in [0, 0.05) is 19.6 Å². The molecule has 1 saturated heterocycles. The van der Waals surface area contributed by atoms with Gasteiger partial charge in [-0.2, -0.15) is 0 Å². The molecule has 1 aliphatic rings. The van der Waals surface area contributed by atoms with Crippen LogP contribution in [0.15, 0.2) is 0 Å². The van der Waals surface area contributed by atoms with Gasteiger partial charge in [-0.05, 0) is 32.4 Å². The van der Waals surface area contributed by atoms with Gasteiger partial charge in [0.25, 0.3) is 0 Å². The van der Waals surface area contributed by atoms with E-state index in [0.29, 0.717) is 12.0 Å². The summed E-state index contributed by atoms with van der Waals surface area (Å²) in [5, 5.41) is 0.964. The molecule has 0 aromatic carbocycles. The first kappa shape index (κ1) is 14.5. The van der Waals surface area contributed by atoms with Crippen molar-refractivity contribution in [1.82, 2.24) is 9.88 Å². The Balaban J connectivity index is 2.10. The molecule has 1 aromatic rings. The largest absolute Gasteiger partial charge is 0.350 e. The summed E-state index contributed by atoms with van der Waals surface area (Å²) >= 11 is 1.51. The number of likely N-dealkylation sites (tertiary alicyclic amines) is 1. The summed E-state index contributed by atoms with van der Waals surface area (Å²) in [7, 11) is 4.26. The Morgan fingerprint density at radius 1 is 1.58 bits per heavy atom. The van der Waals surface area contributed by atoms with E-state index in [2.05, 4.69) is 42.7 Å². The number of carbonyl (C=O) groups is 1. The van der Waals surface area contributed by atoms with Crippen LogP contribution >= 0.6 is 11.3 Å². The predicted octanol–water partition coefficient (Wildman–Crippen LogP) is 2.61. The highest BCUT2D eigenvalue weighted by Crippen LogP contribution is 2.29. The fraction of sp³-hybridized carbons (Fsp3) is 0.714. The molecule has 0 amide bonds. The quantitative estimate of drug-likeness (QED) is 0.777. The predicted molar refractivity (Wildman–Crippen MR) is 80.5 cm³/mol. The zero-order valence-electron chi connectivity index (χ0n) is 12.2. The molecule has 1 aliphatic heterocycles. The molecule has 0 saturated carbocycles. The van der Waals surface area contributed by atoms with E-state index in [9.17, 15) is 4.79 Å². The fourth-order valence-electron chi connectivity index (χ4n) is 2.60. The summed E-state index contributed by atoms with van der Waals surface area (Å²) in [4.78, 5) is 21.1. The fourth-order valence-corrected chi connectivity index (χ4v) is 3.60. The molecule has 19 heavy (non-hydrogen) atoms. The highest BCUT2D eigenvalue weighted by atomic mass is 32.1. The van der Waals surface area contributed by atoms with Crippen LogP contribution in [0.1, 0.15) is 48.0 Å². The van der Waals surface area contributed by atoms with Gasteiger partial charge in [-0.25, -0.2) is 4.98 Å². The van der Waals surface area contributed by atoms with Gasteiger partial charge in [0.05, 0.1) is 10.6 Å². The summed E-state index contributed by atoms with van der Waals surface area (Å²) in [6.07, 6.45) is 3.47. The maximum absolute atomic E-state index is 11.1. The summed E-state index contributed by atoms with van der Waals surface area (Å²) in [6.45, 7) is 6.33. The van der Waals surface area contributed by atoms with E-state index in [1.54, 1.807) is 0 Å². The molecule has 5 heteroatoms. The Kier molecular flexibility index (Phi) is 4.58. The Morgan fingerprint density at radius 2 is 2.32 bits per heavy atom. The minimum absolute atomic E-state index is 0.299. The topological polar surface area (TPSA) is 36.4 Å². The average molecular weight is 281 g/mol. The third kappa shape index (κ3) is 3.15. The molecule has 1 unspecified atom stereocenters. The number of nitrogens with zero attached hydrogens (tertiary/aromatic N) is 3. The first-order valence-corrected chi connectivity index (χ1v) is 7.71. The maximum atomic E-state index is 11.1. The average Bonchev–Trinajstić information content (AvgIpc) is 2.96. The van der Waals surface area contributed by atoms with Crippen LogP contribution in [-0.4, -0.2) is 49.4 Å². The Labute approximate surface area is 119 Å². The van der Waals surface area contributed by atoms with Crippen LogP contribution in [0.2, 0.25) is 0 Å². The van der Waals surface area contributed by atoms with Crippen molar-refractivity contribution in [3.8, 4) is 0 Å². The van der Waals surface area contributed by atoms with Gasteiger partial charge in [0.1, 0.15) is 0 Å². The molecule has 4 nitrogen and oxygen atoms in total. The van der Waals surface area contributed by atoms with Crippen LogP contribution in [0.25, 0.3) is 0 Å². The number of rotatable bonds is 5. The van der Waals surface area contributed by atoms with Gasteiger partial charge < -0.3 is 9.80 Å². The summed E-state index contributed by atoms with van der Waals surface area (Å²) in [6, 6.07) is 0.607.